The number of hydrogen-bond donors (Lipinski definition) is 1. The van der Waals surface area contributed by atoms with E-state index in [1.165, 1.54) is 19.3 Å². The van der Waals surface area contributed by atoms with Gasteiger partial charge in [-0.1, -0.05) is 27.2 Å². The largest absolute Gasteiger partial charge is 0.376 e. The van der Waals surface area contributed by atoms with E-state index in [0.717, 1.165) is 13.2 Å². The highest BCUT2D eigenvalue weighted by atomic mass is 16.5. The van der Waals surface area contributed by atoms with E-state index in [-0.39, 0.29) is 0 Å². The van der Waals surface area contributed by atoms with Crippen molar-refractivity contribution in [2.24, 2.45) is 11.3 Å². The summed E-state index contributed by atoms with van der Waals surface area (Å²) in [6, 6.07) is 0.601. The predicted molar refractivity (Wildman–Crippen MR) is 58.3 cm³/mol. The van der Waals surface area contributed by atoms with Crippen molar-refractivity contribution in [3.8, 4) is 0 Å². The minimum absolute atomic E-state index is 0.361. The van der Waals surface area contributed by atoms with Gasteiger partial charge in [0.15, 0.2) is 0 Å². The van der Waals surface area contributed by atoms with Crippen molar-refractivity contribution in [3.05, 3.63) is 0 Å². The van der Waals surface area contributed by atoms with Gasteiger partial charge in [-0.05, 0) is 24.2 Å². The molecular weight excluding hydrogens is 174 g/mol. The minimum atomic E-state index is 0.361. The molecule has 1 heterocycles. The van der Waals surface area contributed by atoms with Crippen LogP contribution in [-0.4, -0.2) is 25.3 Å². The lowest BCUT2D eigenvalue weighted by molar-refractivity contribution is -0.0640. The van der Waals surface area contributed by atoms with Crippen molar-refractivity contribution in [1.82, 2.24) is 5.32 Å². The van der Waals surface area contributed by atoms with E-state index in [2.05, 4.69) is 26.1 Å². The van der Waals surface area contributed by atoms with Crippen LogP contribution in [0, 0.1) is 11.3 Å². The zero-order valence-corrected chi connectivity index (χ0v) is 9.68. The third kappa shape index (κ3) is 1.96. The Bertz CT molecular complexity index is 202. The molecule has 3 atom stereocenters. The Labute approximate surface area is 87.4 Å². The van der Waals surface area contributed by atoms with Crippen molar-refractivity contribution in [1.29, 1.82) is 0 Å². The molecule has 3 unspecified atom stereocenters. The highest BCUT2D eigenvalue weighted by molar-refractivity contribution is 4.94. The predicted octanol–water partition coefficient (Wildman–Crippen LogP) is 2.19. The molecule has 1 N–H and O–H groups in total. The van der Waals surface area contributed by atoms with Crippen LogP contribution in [0.25, 0.3) is 0 Å². The first kappa shape index (κ1) is 10.4. The number of hydrogen-bond acceptors (Lipinski definition) is 2. The molecule has 1 aliphatic carbocycles. The van der Waals surface area contributed by atoms with Crippen LogP contribution in [0.15, 0.2) is 0 Å². The van der Waals surface area contributed by atoms with Crippen LogP contribution in [0.5, 0.6) is 0 Å². The standard InChI is InChI=1S/C12H23NO/c1-9-7-13-10-5-4-6-12(2,3)11(10)14-8-9/h9-11,13H,4-8H2,1-3H3. The van der Waals surface area contributed by atoms with Gasteiger partial charge >= 0.3 is 0 Å². The summed E-state index contributed by atoms with van der Waals surface area (Å²) in [6.07, 6.45) is 4.38. The van der Waals surface area contributed by atoms with E-state index >= 15 is 0 Å². The summed E-state index contributed by atoms with van der Waals surface area (Å²) in [6.45, 7) is 9.01. The van der Waals surface area contributed by atoms with E-state index in [9.17, 15) is 0 Å². The van der Waals surface area contributed by atoms with Crippen LogP contribution >= 0.6 is 0 Å². The summed E-state index contributed by atoms with van der Waals surface area (Å²) in [5.41, 5.74) is 0.361. The molecule has 2 rings (SSSR count). The molecule has 2 heteroatoms. The fourth-order valence-corrected chi connectivity index (χ4v) is 2.85. The molecule has 2 nitrogen and oxygen atoms in total. The molecule has 0 spiro atoms. The number of rotatable bonds is 0. The Morgan fingerprint density at radius 1 is 1.36 bits per heavy atom. The molecule has 0 aromatic carbocycles. The Morgan fingerprint density at radius 3 is 2.93 bits per heavy atom. The van der Waals surface area contributed by atoms with Crippen LogP contribution in [-0.2, 0) is 4.74 Å². The first-order chi connectivity index (χ1) is 6.59. The molecule has 14 heavy (non-hydrogen) atoms. The van der Waals surface area contributed by atoms with Gasteiger partial charge in [-0.25, -0.2) is 0 Å². The molecule has 1 aliphatic heterocycles. The van der Waals surface area contributed by atoms with Crippen LogP contribution in [0.1, 0.15) is 40.0 Å². The van der Waals surface area contributed by atoms with Gasteiger partial charge in [0.05, 0.1) is 12.7 Å². The topological polar surface area (TPSA) is 21.3 Å². The Hall–Kier alpha value is -0.0800. The summed E-state index contributed by atoms with van der Waals surface area (Å²) in [4.78, 5) is 0. The Kier molecular flexibility index (Phi) is 2.85. The van der Waals surface area contributed by atoms with Gasteiger partial charge in [-0.15, -0.1) is 0 Å². The molecular formula is C12H23NO. The lowest BCUT2D eigenvalue weighted by Gasteiger charge is -2.42. The maximum absolute atomic E-state index is 6.07. The van der Waals surface area contributed by atoms with Crippen LogP contribution in [0.3, 0.4) is 0 Å². The van der Waals surface area contributed by atoms with Crippen molar-refractivity contribution in [2.75, 3.05) is 13.2 Å². The summed E-state index contributed by atoms with van der Waals surface area (Å²) in [7, 11) is 0. The molecule has 0 aromatic rings. The maximum Gasteiger partial charge on any atom is 0.0778 e. The fraction of sp³-hybridized carbons (Fsp3) is 1.00. The van der Waals surface area contributed by atoms with Gasteiger partial charge in [0, 0.05) is 12.6 Å². The SMILES string of the molecule is CC1CNC2CCCC(C)(C)C2OC1. The third-order valence-electron chi connectivity index (χ3n) is 3.76. The summed E-state index contributed by atoms with van der Waals surface area (Å²) in [5.74, 6) is 0.663. The van der Waals surface area contributed by atoms with E-state index in [4.69, 9.17) is 4.74 Å². The summed E-state index contributed by atoms with van der Waals surface area (Å²) in [5, 5.41) is 3.66. The fourth-order valence-electron chi connectivity index (χ4n) is 2.85. The molecule has 0 amide bonds. The average molecular weight is 197 g/mol. The van der Waals surface area contributed by atoms with E-state index in [0.29, 0.717) is 23.5 Å². The lowest BCUT2D eigenvalue weighted by atomic mass is 9.72. The molecule has 2 fully saturated rings. The van der Waals surface area contributed by atoms with Crippen LogP contribution < -0.4 is 5.32 Å². The van der Waals surface area contributed by atoms with Crippen LogP contribution in [0.2, 0.25) is 0 Å². The second kappa shape index (κ2) is 3.82. The summed E-state index contributed by atoms with van der Waals surface area (Å²) >= 11 is 0. The normalized spacial score (nSPS) is 42.6. The first-order valence-corrected chi connectivity index (χ1v) is 5.94. The molecule has 0 bridgehead atoms. The maximum atomic E-state index is 6.07. The summed E-state index contributed by atoms with van der Waals surface area (Å²) < 4.78 is 6.07. The van der Waals surface area contributed by atoms with Crippen molar-refractivity contribution >= 4 is 0 Å². The number of nitrogens with one attached hydrogen (secondary N) is 1. The van der Waals surface area contributed by atoms with Gasteiger partial charge in [0.1, 0.15) is 0 Å². The van der Waals surface area contributed by atoms with Gasteiger partial charge in [0.2, 0.25) is 0 Å². The zero-order valence-electron chi connectivity index (χ0n) is 9.68. The molecule has 82 valence electrons. The molecule has 0 radical (unpaired) electrons. The third-order valence-corrected chi connectivity index (χ3v) is 3.76. The average Bonchev–Trinajstić information content (AvgIpc) is 2.29. The van der Waals surface area contributed by atoms with Gasteiger partial charge in [0.25, 0.3) is 0 Å². The van der Waals surface area contributed by atoms with Crippen LogP contribution in [0.4, 0.5) is 0 Å². The minimum Gasteiger partial charge on any atom is -0.376 e. The lowest BCUT2D eigenvalue weighted by Crippen LogP contribution is -2.50. The molecule has 1 saturated heterocycles. The molecule has 2 aliphatic rings. The Balaban J connectivity index is 2.09. The van der Waals surface area contributed by atoms with E-state index < -0.39 is 0 Å². The van der Waals surface area contributed by atoms with Crippen molar-refractivity contribution < 1.29 is 4.74 Å². The van der Waals surface area contributed by atoms with Crippen molar-refractivity contribution in [3.63, 3.8) is 0 Å². The quantitative estimate of drug-likeness (QED) is 0.643. The Morgan fingerprint density at radius 2 is 2.14 bits per heavy atom. The number of fused-ring (bicyclic) bond motifs is 1. The second-order valence-corrected chi connectivity index (χ2v) is 5.75. The van der Waals surface area contributed by atoms with Gasteiger partial charge < -0.3 is 10.1 Å². The highest BCUT2D eigenvalue weighted by Crippen LogP contribution is 2.38. The smallest absolute Gasteiger partial charge is 0.0778 e. The molecule has 0 aromatic heterocycles. The van der Waals surface area contributed by atoms with Crippen molar-refractivity contribution in [2.45, 2.75) is 52.2 Å². The first-order valence-electron chi connectivity index (χ1n) is 5.94. The molecule has 1 saturated carbocycles. The van der Waals surface area contributed by atoms with Gasteiger partial charge in [-0.3, -0.25) is 0 Å². The van der Waals surface area contributed by atoms with E-state index in [1.54, 1.807) is 0 Å². The monoisotopic (exact) mass is 197 g/mol. The van der Waals surface area contributed by atoms with E-state index in [1.807, 2.05) is 0 Å². The highest BCUT2D eigenvalue weighted by Gasteiger charge is 2.40. The number of ether oxygens (including phenoxy) is 1. The zero-order chi connectivity index (χ0) is 10.2. The van der Waals surface area contributed by atoms with Gasteiger partial charge in [-0.2, -0.15) is 0 Å². The second-order valence-electron chi connectivity index (χ2n) is 5.75.